The molecule has 1 aliphatic rings. The Bertz CT molecular complexity index is 384. The van der Waals surface area contributed by atoms with Crippen LogP contribution in [0.5, 0.6) is 11.5 Å². The van der Waals surface area contributed by atoms with Gasteiger partial charge in [0.15, 0.2) is 11.5 Å². The van der Waals surface area contributed by atoms with E-state index in [1.807, 2.05) is 31.2 Å². The van der Waals surface area contributed by atoms with Crippen molar-refractivity contribution >= 4 is 0 Å². The molecule has 4 nitrogen and oxygen atoms in total. The van der Waals surface area contributed by atoms with Crippen molar-refractivity contribution in [3.8, 4) is 11.5 Å². The van der Waals surface area contributed by atoms with Gasteiger partial charge < -0.3 is 14.8 Å². The number of hydrogen-bond donors (Lipinski definition) is 1. The van der Waals surface area contributed by atoms with Crippen molar-refractivity contribution in [2.75, 3.05) is 39.4 Å². The Morgan fingerprint density at radius 1 is 1.26 bits per heavy atom. The van der Waals surface area contributed by atoms with Gasteiger partial charge in [-0.3, -0.25) is 4.90 Å². The van der Waals surface area contributed by atoms with Crippen LogP contribution in [0, 0.1) is 0 Å². The number of benzene rings is 1. The van der Waals surface area contributed by atoms with Crippen molar-refractivity contribution < 1.29 is 9.47 Å². The fraction of sp³-hybridized carbons (Fsp3) is 0.600. The van der Waals surface area contributed by atoms with E-state index < -0.39 is 0 Å². The molecule has 0 amide bonds. The quantitative estimate of drug-likeness (QED) is 0.849. The first kappa shape index (κ1) is 14.2. The lowest BCUT2D eigenvalue weighted by Gasteiger charge is -2.33. The predicted octanol–water partition coefficient (Wildman–Crippen LogP) is 1.76. The molecule has 0 bridgehead atoms. The largest absolute Gasteiger partial charge is 0.490 e. The molecule has 1 heterocycles. The maximum Gasteiger partial charge on any atom is 0.161 e. The van der Waals surface area contributed by atoms with Crippen LogP contribution in [0.15, 0.2) is 24.3 Å². The molecule has 1 N–H and O–H groups in total. The fourth-order valence-corrected chi connectivity index (χ4v) is 2.33. The van der Waals surface area contributed by atoms with Gasteiger partial charge >= 0.3 is 0 Å². The second kappa shape index (κ2) is 7.36. The molecule has 0 saturated carbocycles. The zero-order chi connectivity index (χ0) is 13.5. The average Bonchev–Trinajstić information content (AvgIpc) is 2.43. The van der Waals surface area contributed by atoms with Gasteiger partial charge in [0.2, 0.25) is 0 Å². The third kappa shape index (κ3) is 4.11. The molecule has 1 aromatic carbocycles. The van der Waals surface area contributed by atoms with E-state index in [4.69, 9.17) is 9.47 Å². The molecule has 1 fully saturated rings. The highest BCUT2D eigenvalue weighted by Gasteiger charge is 2.17. The van der Waals surface area contributed by atoms with Crippen LogP contribution in [0.4, 0.5) is 0 Å². The Balaban J connectivity index is 1.81. The van der Waals surface area contributed by atoms with E-state index in [1.165, 1.54) is 0 Å². The van der Waals surface area contributed by atoms with E-state index in [9.17, 15) is 0 Å². The second-order valence-electron chi connectivity index (χ2n) is 4.82. The van der Waals surface area contributed by atoms with Crippen LogP contribution in [-0.4, -0.2) is 50.3 Å². The van der Waals surface area contributed by atoms with Gasteiger partial charge in [0.1, 0.15) is 6.61 Å². The highest BCUT2D eigenvalue weighted by molar-refractivity contribution is 5.39. The third-order valence-corrected chi connectivity index (χ3v) is 3.42. The van der Waals surface area contributed by atoms with Crippen LogP contribution in [0.25, 0.3) is 0 Å². The highest BCUT2D eigenvalue weighted by atomic mass is 16.5. The number of piperazine rings is 1. The van der Waals surface area contributed by atoms with Gasteiger partial charge in [-0.15, -0.1) is 0 Å². The molecule has 0 aromatic heterocycles. The molecule has 1 atom stereocenters. The second-order valence-corrected chi connectivity index (χ2v) is 4.82. The van der Waals surface area contributed by atoms with Crippen LogP contribution in [-0.2, 0) is 0 Å². The SMILES string of the molecule is CCOc1ccccc1OCCN1CCNC[C@@H]1C. The Hall–Kier alpha value is -1.26. The first-order valence-corrected chi connectivity index (χ1v) is 7.10. The number of ether oxygens (including phenoxy) is 2. The van der Waals surface area contributed by atoms with E-state index in [0.717, 1.165) is 37.7 Å². The monoisotopic (exact) mass is 264 g/mol. The number of hydrogen-bond acceptors (Lipinski definition) is 4. The molecule has 0 spiro atoms. The van der Waals surface area contributed by atoms with Gasteiger partial charge in [-0.1, -0.05) is 12.1 Å². The van der Waals surface area contributed by atoms with Crippen molar-refractivity contribution in [2.24, 2.45) is 0 Å². The Labute approximate surface area is 115 Å². The Morgan fingerprint density at radius 3 is 2.68 bits per heavy atom. The summed E-state index contributed by atoms with van der Waals surface area (Å²) in [5.74, 6) is 1.67. The standard InChI is InChI=1S/C15H24N2O2/c1-3-18-14-6-4-5-7-15(14)19-11-10-17-9-8-16-12-13(17)2/h4-7,13,16H,3,8-12H2,1-2H3/t13-/m0/s1. The lowest BCUT2D eigenvalue weighted by atomic mass is 10.2. The van der Waals surface area contributed by atoms with Gasteiger partial charge in [-0.25, -0.2) is 0 Å². The topological polar surface area (TPSA) is 33.7 Å². The van der Waals surface area contributed by atoms with Crippen LogP contribution in [0.3, 0.4) is 0 Å². The molecule has 1 aliphatic heterocycles. The number of para-hydroxylation sites is 2. The molecular weight excluding hydrogens is 240 g/mol. The van der Waals surface area contributed by atoms with E-state index in [2.05, 4.69) is 17.1 Å². The van der Waals surface area contributed by atoms with E-state index in [0.29, 0.717) is 19.3 Å². The Kier molecular flexibility index (Phi) is 5.48. The summed E-state index contributed by atoms with van der Waals surface area (Å²) in [6.07, 6.45) is 0. The molecule has 19 heavy (non-hydrogen) atoms. The van der Waals surface area contributed by atoms with Crippen molar-refractivity contribution in [2.45, 2.75) is 19.9 Å². The highest BCUT2D eigenvalue weighted by Crippen LogP contribution is 2.26. The normalized spacial score (nSPS) is 20.2. The van der Waals surface area contributed by atoms with Crippen molar-refractivity contribution in [3.05, 3.63) is 24.3 Å². The third-order valence-electron chi connectivity index (χ3n) is 3.42. The number of nitrogens with one attached hydrogen (secondary N) is 1. The molecular formula is C15H24N2O2. The summed E-state index contributed by atoms with van der Waals surface area (Å²) >= 11 is 0. The van der Waals surface area contributed by atoms with E-state index >= 15 is 0 Å². The zero-order valence-electron chi connectivity index (χ0n) is 11.9. The average molecular weight is 264 g/mol. The summed E-state index contributed by atoms with van der Waals surface area (Å²) < 4.78 is 11.4. The zero-order valence-corrected chi connectivity index (χ0v) is 11.9. The maximum atomic E-state index is 5.85. The fourth-order valence-electron chi connectivity index (χ4n) is 2.33. The summed E-state index contributed by atoms with van der Waals surface area (Å²) in [5.41, 5.74) is 0. The first-order chi connectivity index (χ1) is 9.31. The van der Waals surface area contributed by atoms with Crippen molar-refractivity contribution in [1.82, 2.24) is 10.2 Å². The summed E-state index contributed by atoms with van der Waals surface area (Å²) in [5, 5.41) is 3.40. The van der Waals surface area contributed by atoms with Gasteiger partial charge in [-0.05, 0) is 26.0 Å². The molecule has 0 unspecified atom stereocenters. The van der Waals surface area contributed by atoms with E-state index in [1.54, 1.807) is 0 Å². The Morgan fingerprint density at radius 2 is 2.00 bits per heavy atom. The molecule has 0 radical (unpaired) electrons. The lowest BCUT2D eigenvalue weighted by Crippen LogP contribution is -2.50. The van der Waals surface area contributed by atoms with Crippen LogP contribution in [0.2, 0.25) is 0 Å². The van der Waals surface area contributed by atoms with Crippen LogP contribution >= 0.6 is 0 Å². The molecule has 0 aliphatic carbocycles. The van der Waals surface area contributed by atoms with Gasteiger partial charge in [0.25, 0.3) is 0 Å². The number of nitrogens with zero attached hydrogens (tertiary/aromatic N) is 1. The molecule has 2 rings (SSSR count). The number of rotatable bonds is 6. The molecule has 106 valence electrons. The minimum Gasteiger partial charge on any atom is -0.490 e. The van der Waals surface area contributed by atoms with E-state index in [-0.39, 0.29) is 0 Å². The maximum absolute atomic E-state index is 5.85. The first-order valence-electron chi connectivity index (χ1n) is 7.10. The van der Waals surface area contributed by atoms with Crippen molar-refractivity contribution in [3.63, 3.8) is 0 Å². The lowest BCUT2D eigenvalue weighted by molar-refractivity contribution is 0.141. The molecule has 1 aromatic rings. The van der Waals surface area contributed by atoms with Crippen LogP contribution < -0.4 is 14.8 Å². The predicted molar refractivity (Wildman–Crippen MR) is 77.0 cm³/mol. The summed E-state index contributed by atoms with van der Waals surface area (Å²) in [6, 6.07) is 8.44. The smallest absolute Gasteiger partial charge is 0.161 e. The molecule has 4 heteroatoms. The molecule has 1 saturated heterocycles. The van der Waals surface area contributed by atoms with Crippen molar-refractivity contribution in [1.29, 1.82) is 0 Å². The summed E-state index contributed by atoms with van der Waals surface area (Å²) in [7, 11) is 0. The van der Waals surface area contributed by atoms with Crippen LogP contribution in [0.1, 0.15) is 13.8 Å². The van der Waals surface area contributed by atoms with Gasteiger partial charge in [0.05, 0.1) is 6.61 Å². The minimum absolute atomic E-state index is 0.583. The minimum atomic E-state index is 0.583. The summed E-state index contributed by atoms with van der Waals surface area (Å²) in [6.45, 7) is 9.79. The van der Waals surface area contributed by atoms with Gasteiger partial charge in [0, 0.05) is 32.2 Å². The summed E-state index contributed by atoms with van der Waals surface area (Å²) in [4.78, 5) is 2.46. The van der Waals surface area contributed by atoms with Gasteiger partial charge in [-0.2, -0.15) is 0 Å².